The number of rotatable bonds is 6. The van der Waals surface area contributed by atoms with Gasteiger partial charge in [0.25, 0.3) is 0 Å². The van der Waals surface area contributed by atoms with Gasteiger partial charge < -0.3 is 8.98 Å². The van der Waals surface area contributed by atoms with E-state index in [2.05, 4.69) is 199 Å². The fraction of sp³-hybridized carbons (Fsp3) is 0. The van der Waals surface area contributed by atoms with Crippen molar-refractivity contribution >= 4 is 54.6 Å². The molecule has 4 heteroatoms. The van der Waals surface area contributed by atoms with E-state index in [1.165, 1.54) is 21.9 Å². The zero-order valence-electron chi connectivity index (χ0n) is 32.5. The molecular weight excluding hydrogens is 731 g/mol. The summed E-state index contributed by atoms with van der Waals surface area (Å²) in [5.41, 5.74) is 15.4. The number of benzene rings is 9. The molecule has 280 valence electrons. The summed E-state index contributed by atoms with van der Waals surface area (Å²) in [6, 6.07) is 74.9. The average Bonchev–Trinajstić information content (AvgIpc) is 3.87. The zero-order valence-corrected chi connectivity index (χ0v) is 32.5. The molecule has 12 aromatic rings. The Morgan fingerprint density at radius 2 is 0.933 bits per heavy atom. The van der Waals surface area contributed by atoms with Gasteiger partial charge in [0.1, 0.15) is 5.58 Å². The lowest BCUT2D eigenvalue weighted by Crippen LogP contribution is -1.96. The molecule has 12 rings (SSSR count). The van der Waals surface area contributed by atoms with Gasteiger partial charge in [-0.2, -0.15) is 0 Å². The van der Waals surface area contributed by atoms with Crippen molar-refractivity contribution in [3.63, 3.8) is 0 Å². The molecule has 0 aliphatic carbocycles. The second-order valence-electron chi connectivity index (χ2n) is 15.3. The smallest absolute Gasteiger partial charge is 0.161 e. The topological polar surface area (TPSA) is 43.9 Å². The number of fused-ring (bicyclic) bond motifs is 7. The van der Waals surface area contributed by atoms with Crippen LogP contribution in [0.5, 0.6) is 0 Å². The molecule has 0 unspecified atom stereocenters. The van der Waals surface area contributed by atoms with E-state index in [0.29, 0.717) is 5.82 Å². The molecule has 0 aliphatic heterocycles. The van der Waals surface area contributed by atoms with Crippen molar-refractivity contribution < 1.29 is 4.42 Å². The van der Waals surface area contributed by atoms with E-state index in [-0.39, 0.29) is 0 Å². The fourth-order valence-electron chi connectivity index (χ4n) is 8.97. The van der Waals surface area contributed by atoms with E-state index >= 15 is 0 Å². The first kappa shape index (κ1) is 34.0. The molecule has 0 aliphatic rings. The highest BCUT2D eigenvalue weighted by Gasteiger charge is 2.23. The molecule has 0 saturated heterocycles. The third-order valence-electron chi connectivity index (χ3n) is 11.8. The lowest BCUT2D eigenvalue weighted by Gasteiger charge is -2.12. The molecule has 3 aromatic heterocycles. The van der Waals surface area contributed by atoms with Gasteiger partial charge in [-0.05, 0) is 69.8 Å². The maximum absolute atomic E-state index is 7.13. The number of furan rings is 1. The summed E-state index contributed by atoms with van der Waals surface area (Å²) in [4.78, 5) is 10.8. The van der Waals surface area contributed by atoms with Gasteiger partial charge >= 0.3 is 0 Å². The summed E-state index contributed by atoms with van der Waals surface area (Å²) in [6.45, 7) is 0. The van der Waals surface area contributed by atoms with Crippen molar-refractivity contribution in [2.75, 3.05) is 0 Å². The van der Waals surface area contributed by atoms with Crippen molar-refractivity contribution in [3.05, 3.63) is 212 Å². The van der Waals surface area contributed by atoms with E-state index in [1.807, 2.05) is 18.2 Å². The predicted octanol–water partition coefficient (Wildman–Crippen LogP) is 15.0. The molecule has 0 amide bonds. The summed E-state index contributed by atoms with van der Waals surface area (Å²) < 4.78 is 9.49. The highest BCUT2D eigenvalue weighted by atomic mass is 16.3. The van der Waals surface area contributed by atoms with Gasteiger partial charge in [0.05, 0.1) is 27.9 Å². The molecule has 60 heavy (non-hydrogen) atoms. The Labute approximate surface area is 346 Å². The summed E-state index contributed by atoms with van der Waals surface area (Å²) in [6.07, 6.45) is 0. The first-order valence-electron chi connectivity index (χ1n) is 20.3. The van der Waals surface area contributed by atoms with Crippen molar-refractivity contribution in [1.29, 1.82) is 0 Å². The minimum atomic E-state index is 0.649. The second kappa shape index (κ2) is 13.8. The molecule has 0 radical (unpaired) electrons. The van der Waals surface area contributed by atoms with Crippen molar-refractivity contribution in [1.82, 2.24) is 14.5 Å². The van der Waals surface area contributed by atoms with Crippen LogP contribution in [0.3, 0.4) is 0 Å². The molecule has 3 heterocycles. The Bertz CT molecular complexity index is 3570. The van der Waals surface area contributed by atoms with Gasteiger partial charge in [-0.25, -0.2) is 9.97 Å². The Hall–Kier alpha value is -8.08. The Morgan fingerprint density at radius 1 is 0.367 bits per heavy atom. The van der Waals surface area contributed by atoms with Crippen LogP contribution < -0.4 is 0 Å². The highest BCUT2D eigenvalue weighted by Crippen LogP contribution is 2.44. The van der Waals surface area contributed by atoms with Crippen LogP contribution in [-0.4, -0.2) is 14.5 Å². The lowest BCUT2D eigenvalue weighted by molar-refractivity contribution is 0.666. The maximum Gasteiger partial charge on any atom is 0.161 e. The third-order valence-corrected chi connectivity index (χ3v) is 11.8. The maximum atomic E-state index is 7.13. The first-order chi connectivity index (χ1) is 29.7. The Balaban J connectivity index is 1.12. The number of hydrogen-bond acceptors (Lipinski definition) is 3. The number of hydrogen-bond donors (Lipinski definition) is 0. The van der Waals surface area contributed by atoms with E-state index in [4.69, 9.17) is 14.4 Å². The molecular formula is C56H35N3O. The first-order valence-corrected chi connectivity index (χ1v) is 20.3. The van der Waals surface area contributed by atoms with Crippen LogP contribution >= 0.6 is 0 Å². The Kier molecular flexibility index (Phi) is 7.82. The van der Waals surface area contributed by atoms with Crippen LogP contribution in [0.2, 0.25) is 0 Å². The van der Waals surface area contributed by atoms with Crippen LogP contribution in [-0.2, 0) is 0 Å². The van der Waals surface area contributed by atoms with E-state index in [1.54, 1.807) is 0 Å². The van der Waals surface area contributed by atoms with Gasteiger partial charge in [0.2, 0.25) is 0 Å². The van der Waals surface area contributed by atoms with Crippen LogP contribution in [0, 0.1) is 0 Å². The van der Waals surface area contributed by atoms with E-state index in [0.717, 1.165) is 88.6 Å². The minimum Gasteiger partial charge on any atom is -0.454 e. The summed E-state index contributed by atoms with van der Waals surface area (Å²) in [7, 11) is 0. The molecule has 9 aromatic carbocycles. The molecule has 0 bridgehead atoms. The third kappa shape index (κ3) is 5.53. The van der Waals surface area contributed by atoms with E-state index < -0.39 is 0 Å². The predicted molar refractivity (Wildman–Crippen MR) is 248 cm³/mol. The van der Waals surface area contributed by atoms with Crippen LogP contribution in [0.1, 0.15) is 0 Å². The van der Waals surface area contributed by atoms with Gasteiger partial charge in [-0.15, -0.1) is 0 Å². The summed E-state index contributed by atoms with van der Waals surface area (Å²) in [5.74, 6) is 0.649. The van der Waals surface area contributed by atoms with Crippen molar-refractivity contribution in [2.24, 2.45) is 0 Å². The number of nitrogens with zero attached hydrogens (tertiary/aromatic N) is 3. The molecule has 4 nitrogen and oxygen atoms in total. The molecule has 0 spiro atoms. The van der Waals surface area contributed by atoms with Crippen LogP contribution in [0.25, 0.3) is 116 Å². The molecule has 0 N–H and O–H groups in total. The standard InChI is InChI=1S/C56H35N3O/c1-4-15-36(16-5-1)39-27-29-40(30-28-39)54-45-22-10-12-24-48(45)57-56(58-54)47-33-42(38-19-8-3-9-20-38)35-52-53(47)46-23-14-26-50(55(46)60-52)59-49-25-13-11-21-43(49)44-32-31-41(34-51(44)59)37-17-6-2-7-18-37/h1-35H. The van der Waals surface area contributed by atoms with Gasteiger partial charge in [-0.1, -0.05) is 176 Å². The van der Waals surface area contributed by atoms with Gasteiger partial charge in [0.15, 0.2) is 11.4 Å². The molecule has 0 saturated carbocycles. The zero-order chi connectivity index (χ0) is 39.6. The average molecular weight is 766 g/mol. The van der Waals surface area contributed by atoms with E-state index in [9.17, 15) is 0 Å². The van der Waals surface area contributed by atoms with Crippen molar-refractivity contribution in [3.8, 4) is 61.7 Å². The van der Waals surface area contributed by atoms with Crippen molar-refractivity contribution in [2.45, 2.75) is 0 Å². The minimum absolute atomic E-state index is 0.649. The van der Waals surface area contributed by atoms with Crippen LogP contribution in [0.4, 0.5) is 0 Å². The van der Waals surface area contributed by atoms with Gasteiger partial charge in [-0.3, -0.25) is 0 Å². The highest BCUT2D eigenvalue weighted by molar-refractivity contribution is 6.17. The Morgan fingerprint density at radius 3 is 1.68 bits per heavy atom. The molecule has 0 atom stereocenters. The van der Waals surface area contributed by atoms with Gasteiger partial charge in [0, 0.05) is 38.1 Å². The normalized spacial score (nSPS) is 11.7. The second-order valence-corrected chi connectivity index (χ2v) is 15.3. The van der Waals surface area contributed by atoms with Crippen LogP contribution in [0.15, 0.2) is 217 Å². The fourth-order valence-corrected chi connectivity index (χ4v) is 8.97. The number of para-hydroxylation sites is 3. The quantitative estimate of drug-likeness (QED) is 0.169. The largest absolute Gasteiger partial charge is 0.454 e. The summed E-state index contributed by atoms with van der Waals surface area (Å²) >= 11 is 0. The summed E-state index contributed by atoms with van der Waals surface area (Å²) in [5, 5.41) is 5.39. The SMILES string of the molecule is c1ccc(-c2ccc(-c3nc(-c4cc(-c5ccccc5)cc5oc6c(-n7c8ccccc8c8ccc(-c9ccccc9)cc87)cccc6c45)nc4ccccc34)cc2)cc1. The monoisotopic (exact) mass is 765 g/mol. The molecule has 0 fully saturated rings. The number of aromatic nitrogens is 3. The lowest BCUT2D eigenvalue weighted by atomic mass is 9.97.